The van der Waals surface area contributed by atoms with E-state index in [4.69, 9.17) is 5.41 Å². The normalized spacial score (nSPS) is 22.1. The number of benzene rings is 4. The molecule has 0 radical (unpaired) electrons. The zero-order valence-electron chi connectivity index (χ0n) is 20.8. The molecule has 0 bridgehead atoms. The summed E-state index contributed by atoms with van der Waals surface area (Å²) in [6.45, 7) is 5.23. The lowest BCUT2D eigenvalue weighted by Gasteiger charge is -2.26. The minimum Gasteiger partial charge on any atom is -0.355 e. The summed E-state index contributed by atoms with van der Waals surface area (Å²) in [5, 5.41) is 11.6. The summed E-state index contributed by atoms with van der Waals surface area (Å²) in [6.07, 6.45) is 1.43. The smallest absolute Gasteiger partial charge is 0.123 e. The monoisotopic (exact) mass is 495 g/mol. The first-order valence-electron chi connectivity index (χ1n) is 12.6. The van der Waals surface area contributed by atoms with Crippen LogP contribution >= 0.6 is 0 Å². The predicted octanol–water partition coefficient (Wildman–Crippen LogP) is 7.20. The molecule has 0 aromatic heterocycles. The molecular formula is C32H31F2N3. The van der Waals surface area contributed by atoms with Crippen molar-refractivity contribution in [1.29, 1.82) is 5.41 Å². The third-order valence-corrected chi connectivity index (χ3v) is 8.03. The van der Waals surface area contributed by atoms with Crippen molar-refractivity contribution in [3.05, 3.63) is 131 Å². The summed E-state index contributed by atoms with van der Waals surface area (Å²) in [4.78, 5) is 2.59. The molecule has 37 heavy (non-hydrogen) atoms. The SMILES string of the molecule is Cc1cc(Nc2ccc(F)cc2)c(C=N)cc1[C@]12CN(Cc3ccccc3)C[C@H]1[C@@H]2c1ccccc1.F. The lowest BCUT2D eigenvalue weighted by Crippen LogP contribution is -2.29. The standard InChI is InChI=1S/C32H30FN3.FH/c1-22-16-30(35-27-14-12-26(33)13-15-27)25(18-34)17-28(22)32-21-36(19-23-8-4-2-5-9-23)20-29(32)31(32)24-10-6-3-7-11-24;/h2-18,29,31,34-35H,19-21H2,1H3;1H/t29-,31-,32+;/m0./s1. The molecule has 1 aliphatic heterocycles. The molecule has 0 spiro atoms. The third-order valence-electron chi connectivity index (χ3n) is 8.03. The molecule has 1 heterocycles. The first-order valence-corrected chi connectivity index (χ1v) is 12.6. The Balaban J connectivity index is 0.00000280. The van der Waals surface area contributed by atoms with Crippen LogP contribution in [0.5, 0.6) is 0 Å². The number of halogens is 2. The van der Waals surface area contributed by atoms with Gasteiger partial charge in [-0.15, -0.1) is 0 Å². The maximum Gasteiger partial charge on any atom is 0.123 e. The van der Waals surface area contributed by atoms with E-state index in [1.54, 1.807) is 12.1 Å². The van der Waals surface area contributed by atoms with Gasteiger partial charge in [-0.3, -0.25) is 9.60 Å². The molecule has 1 saturated carbocycles. The Morgan fingerprint density at radius 3 is 2.32 bits per heavy atom. The van der Waals surface area contributed by atoms with Crippen LogP contribution in [-0.2, 0) is 12.0 Å². The molecule has 2 N–H and O–H groups in total. The minimum atomic E-state index is -0.258. The highest BCUT2D eigenvalue weighted by Gasteiger charge is 2.70. The van der Waals surface area contributed by atoms with Crippen LogP contribution in [0.1, 0.15) is 33.7 Å². The highest BCUT2D eigenvalue weighted by atomic mass is 19.1. The Labute approximate surface area is 216 Å². The summed E-state index contributed by atoms with van der Waals surface area (Å²) in [5.41, 5.74) is 7.93. The van der Waals surface area contributed by atoms with Crippen LogP contribution in [0.2, 0.25) is 0 Å². The number of fused-ring (bicyclic) bond motifs is 1. The molecule has 3 nitrogen and oxygen atoms in total. The van der Waals surface area contributed by atoms with E-state index >= 15 is 0 Å². The zero-order valence-corrected chi connectivity index (χ0v) is 20.8. The van der Waals surface area contributed by atoms with Crippen molar-refractivity contribution in [1.82, 2.24) is 4.90 Å². The number of nitrogens with one attached hydrogen (secondary N) is 2. The van der Waals surface area contributed by atoms with Crippen LogP contribution in [0.4, 0.5) is 20.5 Å². The lowest BCUT2D eigenvalue weighted by atomic mass is 9.85. The molecule has 0 unspecified atom stereocenters. The Kier molecular flexibility index (Phi) is 6.65. The van der Waals surface area contributed by atoms with Crippen molar-refractivity contribution in [2.45, 2.75) is 24.8 Å². The average molecular weight is 496 g/mol. The third kappa shape index (κ3) is 4.44. The van der Waals surface area contributed by atoms with Crippen LogP contribution in [0.15, 0.2) is 97.1 Å². The van der Waals surface area contributed by atoms with Crippen LogP contribution in [-0.4, -0.2) is 24.2 Å². The Hall–Kier alpha value is -3.83. The van der Waals surface area contributed by atoms with Crippen molar-refractivity contribution in [2.75, 3.05) is 18.4 Å². The van der Waals surface area contributed by atoms with Crippen molar-refractivity contribution < 1.29 is 9.09 Å². The van der Waals surface area contributed by atoms with Crippen molar-refractivity contribution in [3.63, 3.8) is 0 Å². The first-order chi connectivity index (χ1) is 17.6. The Morgan fingerprint density at radius 1 is 0.973 bits per heavy atom. The van der Waals surface area contributed by atoms with E-state index < -0.39 is 0 Å². The first kappa shape index (κ1) is 24.8. The van der Waals surface area contributed by atoms with E-state index in [-0.39, 0.29) is 15.9 Å². The average Bonchev–Trinajstić information content (AvgIpc) is 3.36. The van der Waals surface area contributed by atoms with Gasteiger partial charge in [-0.1, -0.05) is 60.7 Å². The van der Waals surface area contributed by atoms with Crippen molar-refractivity contribution >= 4 is 17.6 Å². The molecule has 3 atom stereocenters. The largest absolute Gasteiger partial charge is 0.355 e. The van der Waals surface area contributed by atoms with Gasteiger partial charge in [0.25, 0.3) is 0 Å². The zero-order chi connectivity index (χ0) is 24.7. The van der Waals surface area contributed by atoms with Gasteiger partial charge in [0.1, 0.15) is 5.82 Å². The molecular weight excluding hydrogens is 464 g/mol. The summed E-state index contributed by atoms with van der Waals surface area (Å²) in [5.74, 6) is 0.780. The molecule has 188 valence electrons. The number of piperidine rings is 1. The van der Waals surface area contributed by atoms with Gasteiger partial charge in [0.15, 0.2) is 0 Å². The van der Waals surface area contributed by atoms with Gasteiger partial charge in [-0.25, -0.2) is 4.39 Å². The number of hydrogen-bond acceptors (Lipinski definition) is 3. The second-order valence-corrected chi connectivity index (χ2v) is 10.2. The van der Waals surface area contributed by atoms with Crippen LogP contribution < -0.4 is 5.32 Å². The van der Waals surface area contributed by atoms with Crippen molar-refractivity contribution in [3.8, 4) is 0 Å². The summed E-state index contributed by atoms with van der Waals surface area (Å²) >= 11 is 0. The maximum atomic E-state index is 13.4. The fraction of sp³-hybridized carbons (Fsp3) is 0.219. The van der Waals surface area contributed by atoms with Gasteiger partial charge in [0.2, 0.25) is 0 Å². The Morgan fingerprint density at radius 2 is 1.65 bits per heavy atom. The molecule has 2 aliphatic rings. The fourth-order valence-electron chi connectivity index (χ4n) is 6.46. The van der Waals surface area contributed by atoms with Crippen molar-refractivity contribution in [2.24, 2.45) is 5.92 Å². The van der Waals surface area contributed by atoms with E-state index in [0.717, 1.165) is 36.6 Å². The van der Waals surface area contributed by atoms with Gasteiger partial charge < -0.3 is 10.7 Å². The van der Waals surface area contributed by atoms with E-state index in [0.29, 0.717) is 11.8 Å². The predicted molar refractivity (Wildman–Crippen MR) is 147 cm³/mol. The molecule has 1 saturated heterocycles. The van der Waals surface area contributed by atoms with Gasteiger partial charge in [0, 0.05) is 54.1 Å². The number of aryl methyl sites for hydroxylation is 1. The van der Waals surface area contributed by atoms with E-state index in [1.165, 1.54) is 40.6 Å². The van der Waals surface area contributed by atoms with E-state index in [9.17, 15) is 4.39 Å². The number of anilines is 2. The van der Waals surface area contributed by atoms with E-state index in [1.807, 2.05) is 0 Å². The van der Waals surface area contributed by atoms with Gasteiger partial charge >= 0.3 is 0 Å². The second kappa shape index (κ2) is 9.91. The van der Waals surface area contributed by atoms with Gasteiger partial charge in [0.05, 0.1) is 0 Å². The van der Waals surface area contributed by atoms with Crippen LogP contribution in [0.3, 0.4) is 0 Å². The molecule has 0 amide bonds. The second-order valence-electron chi connectivity index (χ2n) is 10.2. The number of likely N-dealkylation sites (tertiary alicyclic amines) is 1. The highest BCUT2D eigenvalue weighted by Crippen LogP contribution is 2.70. The lowest BCUT2D eigenvalue weighted by molar-refractivity contribution is 0.282. The highest BCUT2D eigenvalue weighted by molar-refractivity contribution is 5.88. The fourth-order valence-corrected chi connectivity index (χ4v) is 6.46. The molecule has 4 aromatic rings. The number of nitrogens with zero attached hydrogens (tertiary/aromatic N) is 1. The molecule has 2 fully saturated rings. The topological polar surface area (TPSA) is 39.1 Å². The quantitative estimate of drug-likeness (QED) is 0.266. The maximum absolute atomic E-state index is 13.4. The van der Waals surface area contributed by atoms with Gasteiger partial charge in [-0.2, -0.15) is 0 Å². The number of rotatable bonds is 7. The molecule has 5 heteroatoms. The Bertz CT molecular complexity index is 1390. The van der Waals surface area contributed by atoms with E-state index in [2.05, 4.69) is 89.9 Å². The molecule has 6 rings (SSSR count). The molecule has 1 aliphatic carbocycles. The summed E-state index contributed by atoms with van der Waals surface area (Å²) in [7, 11) is 0. The van der Waals surface area contributed by atoms with Crippen LogP contribution in [0, 0.1) is 24.1 Å². The summed E-state index contributed by atoms with van der Waals surface area (Å²) in [6, 6.07) is 32.4. The summed E-state index contributed by atoms with van der Waals surface area (Å²) < 4.78 is 13.4. The van der Waals surface area contributed by atoms with Crippen LogP contribution in [0.25, 0.3) is 0 Å². The minimum absolute atomic E-state index is 0. The molecule has 4 aromatic carbocycles. The number of hydrogen-bond donors (Lipinski definition) is 2. The van der Waals surface area contributed by atoms with Gasteiger partial charge in [-0.05, 0) is 71.5 Å².